The van der Waals surface area contributed by atoms with E-state index in [1.165, 1.54) is 37.9 Å². The molecule has 0 atom stereocenters. The first-order chi connectivity index (χ1) is 7.79. The maximum atomic E-state index is 9.04. The quantitative estimate of drug-likeness (QED) is 0.922. The zero-order valence-corrected chi connectivity index (χ0v) is 11.0. The molecule has 2 rings (SSSR count). The predicted molar refractivity (Wildman–Crippen MR) is 69.2 cm³/mol. The molecule has 1 N–H and O–H groups in total. The molecule has 0 aliphatic carbocycles. The summed E-state index contributed by atoms with van der Waals surface area (Å²) < 4.78 is 1.12. The average molecular weight is 284 g/mol. The van der Waals surface area contributed by atoms with Crippen LogP contribution in [-0.2, 0) is 13.2 Å². The van der Waals surface area contributed by atoms with E-state index in [2.05, 4.69) is 26.9 Å². The maximum absolute atomic E-state index is 9.04. The molecule has 0 radical (unpaired) electrons. The summed E-state index contributed by atoms with van der Waals surface area (Å²) in [5.41, 5.74) is 2.29. The third kappa shape index (κ3) is 3.06. The minimum atomic E-state index is 0.114. The molecule has 1 saturated heterocycles. The molecule has 0 aromatic heterocycles. The van der Waals surface area contributed by atoms with Crippen molar-refractivity contribution in [1.82, 2.24) is 4.90 Å². The van der Waals surface area contributed by atoms with Crippen molar-refractivity contribution in [1.29, 1.82) is 0 Å². The highest BCUT2D eigenvalue weighted by Crippen LogP contribution is 2.22. The number of rotatable bonds is 3. The van der Waals surface area contributed by atoms with Crippen LogP contribution in [0.2, 0.25) is 0 Å². The Bertz CT molecular complexity index is 348. The van der Waals surface area contributed by atoms with Crippen LogP contribution in [0.25, 0.3) is 0 Å². The highest BCUT2D eigenvalue weighted by Gasteiger charge is 2.11. The molecule has 1 aliphatic heterocycles. The number of aliphatic hydroxyl groups is 1. The summed E-state index contributed by atoms with van der Waals surface area (Å²) in [6.07, 6.45) is 4.03. The second-order valence-corrected chi connectivity index (χ2v) is 5.28. The van der Waals surface area contributed by atoms with Crippen LogP contribution in [-0.4, -0.2) is 23.1 Å². The molecule has 1 heterocycles. The van der Waals surface area contributed by atoms with Crippen molar-refractivity contribution >= 4 is 15.9 Å². The molecule has 1 fully saturated rings. The Morgan fingerprint density at radius 3 is 2.56 bits per heavy atom. The fraction of sp³-hybridized carbons (Fsp3) is 0.538. The van der Waals surface area contributed by atoms with Gasteiger partial charge in [0, 0.05) is 11.0 Å². The molecule has 1 aromatic rings. The van der Waals surface area contributed by atoms with Gasteiger partial charge in [0.25, 0.3) is 0 Å². The lowest BCUT2D eigenvalue weighted by Gasteiger charge is -2.26. The fourth-order valence-corrected chi connectivity index (χ4v) is 2.73. The molecule has 3 heteroatoms. The van der Waals surface area contributed by atoms with Crippen molar-refractivity contribution in [3.8, 4) is 0 Å². The van der Waals surface area contributed by atoms with Gasteiger partial charge in [0.15, 0.2) is 0 Å². The van der Waals surface area contributed by atoms with Crippen LogP contribution >= 0.6 is 15.9 Å². The maximum Gasteiger partial charge on any atom is 0.0682 e. The Labute approximate surface area is 105 Å². The lowest BCUT2D eigenvalue weighted by molar-refractivity contribution is 0.220. The number of aliphatic hydroxyl groups excluding tert-OH is 1. The second-order valence-electron chi connectivity index (χ2n) is 4.42. The Morgan fingerprint density at radius 1 is 1.19 bits per heavy atom. The number of nitrogens with zero attached hydrogens (tertiary/aromatic N) is 1. The van der Waals surface area contributed by atoms with Gasteiger partial charge < -0.3 is 5.11 Å². The summed E-state index contributed by atoms with van der Waals surface area (Å²) in [5.74, 6) is 0. The molecule has 0 spiro atoms. The van der Waals surface area contributed by atoms with Crippen molar-refractivity contribution in [2.75, 3.05) is 13.1 Å². The molecule has 0 bridgehead atoms. The normalized spacial score (nSPS) is 17.6. The first-order valence-electron chi connectivity index (χ1n) is 5.90. The number of hydrogen-bond acceptors (Lipinski definition) is 2. The van der Waals surface area contributed by atoms with E-state index in [1.807, 2.05) is 12.1 Å². The van der Waals surface area contributed by atoms with Gasteiger partial charge in [-0.3, -0.25) is 4.90 Å². The van der Waals surface area contributed by atoms with Gasteiger partial charge in [-0.25, -0.2) is 0 Å². The van der Waals surface area contributed by atoms with Crippen LogP contribution in [0.1, 0.15) is 30.4 Å². The topological polar surface area (TPSA) is 23.5 Å². The van der Waals surface area contributed by atoms with Gasteiger partial charge in [0.2, 0.25) is 0 Å². The lowest BCUT2D eigenvalue weighted by atomic mass is 10.1. The average Bonchev–Trinajstić information content (AvgIpc) is 2.33. The Kier molecular flexibility index (Phi) is 4.38. The van der Waals surface area contributed by atoms with E-state index in [1.54, 1.807) is 0 Å². The van der Waals surface area contributed by atoms with Gasteiger partial charge in [0.1, 0.15) is 0 Å². The van der Waals surface area contributed by atoms with Gasteiger partial charge in [-0.1, -0.05) is 34.5 Å². The largest absolute Gasteiger partial charge is 0.392 e. The third-order valence-corrected chi connectivity index (χ3v) is 3.88. The van der Waals surface area contributed by atoms with E-state index in [9.17, 15) is 0 Å². The predicted octanol–water partition coefficient (Wildman–Crippen LogP) is 2.93. The molecular formula is C13H18BrNO. The Hall–Kier alpha value is -0.380. The zero-order chi connectivity index (χ0) is 11.4. The van der Waals surface area contributed by atoms with Crippen LogP contribution in [0.5, 0.6) is 0 Å². The first kappa shape index (κ1) is 12.1. The van der Waals surface area contributed by atoms with Crippen LogP contribution in [0.4, 0.5) is 0 Å². The van der Waals surface area contributed by atoms with Crippen molar-refractivity contribution in [2.45, 2.75) is 32.4 Å². The highest BCUT2D eigenvalue weighted by molar-refractivity contribution is 9.10. The number of likely N-dealkylation sites (tertiary alicyclic amines) is 1. The minimum absolute atomic E-state index is 0.114. The molecule has 1 aromatic carbocycles. The van der Waals surface area contributed by atoms with Crippen molar-refractivity contribution < 1.29 is 5.11 Å². The number of hydrogen-bond donors (Lipinski definition) is 1. The highest BCUT2D eigenvalue weighted by atomic mass is 79.9. The summed E-state index contributed by atoms with van der Waals surface area (Å²) in [4.78, 5) is 2.50. The van der Waals surface area contributed by atoms with Crippen LogP contribution in [0.15, 0.2) is 22.7 Å². The van der Waals surface area contributed by atoms with Crippen LogP contribution in [0, 0.1) is 0 Å². The van der Waals surface area contributed by atoms with Gasteiger partial charge in [-0.15, -0.1) is 0 Å². The zero-order valence-electron chi connectivity index (χ0n) is 9.45. The summed E-state index contributed by atoms with van der Waals surface area (Å²) in [6.45, 7) is 3.57. The minimum Gasteiger partial charge on any atom is -0.392 e. The van der Waals surface area contributed by atoms with Gasteiger partial charge in [-0.05, 0) is 43.1 Å². The number of piperidine rings is 1. The smallest absolute Gasteiger partial charge is 0.0682 e. The number of halogens is 1. The third-order valence-electron chi connectivity index (χ3n) is 3.14. The van der Waals surface area contributed by atoms with Crippen molar-refractivity contribution in [2.24, 2.45) is 0 Å². The monoisotopic (exact) mass is 283 g/mol. The molecule has 0 amide bonds. The summed E-state index contributed by atoms with van der Waals surface area (Å²) in [6, 6.07) is 6.13. The molecule has 16 heavy (non-hydrogen) atoms. The summed E-state index contributed by atoms with van der Waals surface area (Å²) in [5, 5.41) is 9.04. The van der Waals surface area contributed by atoms with E-state index in [0.717, 1.165) is 16.6 Å². The van der Waals surface area contributed by atoms with E-state index in [0.29, 0.717) is 0 Å². The van der Waals surface area contributed by atoms with E-state index >= 15 is 0 Å². The van der Waals surface area contributed by atoms with Crippen molar-refractivity contribution in [3.05, 3.63) is 33.8 Å². The Balaban J connectivity index is 2.03. The lowest BCUT2D eigenvalue weighted by Crippen LogP contribution is -2.29. The summed E-state index contributed by atoms with van der Waals surface area (Å²) in [7, 11) is 0. The van der Waals surface area contributed by atoms with Crippen LogP contribution in [0.3, 0.4) is 0 Å². The molecule has 88 valence electrons. The number of benzene rings is 1. The standard InChI is InChI=1S/C13H18BrNO/c14-13-8-11(10-16)4-5-12(13)9-15-6-2-1-3-7-15/h4-5,8,16H,1-3,6-7,9-10H2. The molecule has 2 nitrogen and oxygen atoms in total. The van der Waals surface area contributed by atoms with Gasteiger partial charge >= 0.3 is 0 Å². The second kappa shape index (κ2) is 5.80. The van der Waals surface area contributed by atoms with E-state index in [4.69, 9.17) is 5.11 Å². The van der Waals surface area contributed by atoms with E-state index < -0.39 is 0 Å². The van der Waals surface area contributed by atoms with Crippen LogP contribution < -0.4 is 0 Å². The first-order valence-corrected chi connectivity index (χ1v) is 6.69. The Morgan fingerprint density at radius 2 is 1.94 bits per heavy atom. The van der Waals surface area contributed by atoms with Gasteiger partial charge in [0.05, 0.1) is 6.61 Å². The molecular weight excluding hydrogens is 266 g/mol. The fourth-order valence-electron chi connectivity index (χ4n) is 2.18. The molecule has 0 unspecified atom stereocenters. The summed E-state index contributed by atoms with van der Waals surface area (Å²) >= 11 is 3.58. The SMILES string of the molecule is OCc1ccc(CN2CCCCC2)c(Br)c1. The van der Waals surface area contributed by atoms with Gasteiger partial charge in [-0.2, -0.15) is 0 Å². The molecule has 1 aliphatic rings. The van der Waals surface area contributed by atoms with E-state index in [-0.39, 0.29) is 6.61 Å². The molecule has 0 saturated carbocycles. The van der Waals surface area contributed by atoms with Crippen molar-refractivity contribution in [3.63, 3.8) is 0 Å².